The summed E-state index contributed by atoms with van der Waals surface area (Å²) in [6.45, 7) is 2.49. The summed E-state index contributed by atoms with van der Waals surface area (Å²) in [4.78, 5) is 18.1. The van der Waals surface area contributed by atoms with Crippen molar-refractivity contribution >= 4 is 5.91 Å². The molecular weight excluding hydrogens is 354 g/mol. The molecule has 8 heteroatoms. The van der Waals surface area contributed by atoms with Gasteiger partial charge in [-0.3, -0.25) is 14.9 Å². The normalized spacial score (nSPS) is 45.0. The monoisotopic (exact) mass is 386 g/mol. The summed E-state index contributed by atoms with van der Waals surface area (Å²) in [5.74, 6) is 0.942. The highest BCUT2D eigenvalue weighted by molar-refractivity contribution is 5.82. The maximum absolute atomic E-state index is 13.0. The van der Waals surface area contributed by atoms with Crippen molar-refractivity contribution in [1.82, 2.24) is 21.4 Å². The number of alkyl halides is 2. The van der Waals surface area contributed by atoms with Crippen LogP contribution < -0.4 is 21.4 Å². The minimum atomic E-state index is -2.34. The van der Waals surface area contributed by atoms with E-state index in [1.807, 2.05) is 6.92 Å². The van der Waals surface area contributed by atoms with E-state index in [0.717, 1.165) is 32.1 Å². The molecule has 0 aromatic heterocycles. The molecule has 2 aliphatic carbocycles. The summed E-state index contributed by atoms with van der Waals surface area (Å²) in [7, 11) is 0. The van der Waals surface area contributed by atoms with Gasteiger partial charge in [0, 0.05) is 12.0 Å². The number of halogens is 2. The Labute approximate surface area is 159 Å². The van der Waals surface area contributed by atoms with E-state index in [1.54, 1.807) is 0 Å². The molecule has 2 saturated carbocycles. The third-order valence-corrected chi connectivity index (χ3v) is 7.15. The van der Waals surface area contributed by atoms with Gasteiger partial charge in [0.15, 0.2) is 0 Å². The lowest BCUT2D eigenvalue weighted by Gasteiger charge is -2.37. The number of fused-ring (bicyclic) bond motifs is 1. The zero-order valence-corrected chi connectivity index (χ0v) is 15.9. The van der Waals surface area contributed by atoms with Crippen LogP contribution in [0.15, 0.2) is 0 Å². The van der Waals surface area contributed by atoms with Gasteiger partial charge in [-0.05, 0) is 76.2 Å². The van der Waals surface area contributed by atoms with E-state index >= 15 is 0 Å². The fourth-order valence-electron chi connectivity index (χ4n) is 5.66. The molecule has 2 aliphatic heterocycles. The molecule has 0 spiro atoms. The molecule has 0 radical (unpaired) electrons. The number of carbonyl (C=O) groups is 1. The van der Waals surface area contributed by atoms with Crippen LogP contribution in [0.4, 0.5) is 8.78 Å². The molecule has 6 nitrogen and oxygen atoms in total. The van der Waals surface area contributed by atoms with E-state index in [1.165, 1.54) is 0 Å². The zero-order chi connectivity index (χ0) is 19.0. The van der Waals surface area contributed by atoms with E-state index in [2.05, 4.69) is 21.4 Å². The average molecular weight is 386 g/mol. The van der Waals surface area contributed by atoms with E-state index in [4.69, 9.17) is 4.84 Å². The van der Waals surface area contributed by atoms with Crippen molar-refractivity contribution < 1.29 is 18.4 Å². The van der Waals surface area contributed by atoms with Crippen LogP contribution in [0.2, 0.25) is 0 Å². The lowest BCUT2D eigenvalue weighted by Crippen LogP contribution is -2.53. The number of nitrogens with one attached hydrogen (secondary N) is 4. The van der Waals surface area contributed by atoms with Crippen LogP contribution in [0.25, 0.3) is 0 Å². The van der Waals surface area contributed by atoms with Gasteiger partial charge in [0.05, 0.1) is 12.2 Å². The Morgan fingerprint density at radius 3 is 2.67 bits per heavy atom. The van der Waals surface area contributed by atoms with Gasteiger partial charge in [-0.1, -0.05) is 0 Å². The van der Waals surface area contributed by atoms with Gasteiger partial charge in [0.25, 0.3) is 0 Å². The van der Waals surface area contributed by atoms with Crippen LogP contribution in [0.3, 0.4) is 0 Å². The number of rotatable bonds is 4. The van der Waals surface area contributed by atoms with Crippen molar-refractivity contribution in [2.24, 2.45) is 23.7 Å². The van der Waals surface area contributed by atoms with Crippen LogP contribution in [-0.2, 0) is 9.63 Å². The second-order valence-corrected chi connectivity index (χ2v) is 8.84. The second kappa shape index (κ2) is 8.27. The molecule has 0 bridgehead atoms. The molecular formula is C19H32F2N4O2. The first-order chi connectivity index (χ1) is 13.0. The molecule has 4 aliphatic rings. The van der Waals surface area contributed by atoms with Crippen molar-refractivity contribution in [3.63, 3.8) is 0 Å². The van der Waals surface area contributed by atoms with Crippen LogP contribution in [0, 0.1) is 23.7 Å². The van der Waals surface area contributed by atoms with E-state index in [0.29, 0.717) is 30.7 Å². The highest BCUT2D eigenvalue weighted by atomic mass is 19.3. The fraction of sp³-hybridized carbons (Fsp3) is 0.947. The number of carbonyl (C=O) groups excluding carboxylic acids is 1. The van der Waals surface area contributed by atoms with Gasteiger partial charge in [-0.2, -0.15) is 5.48 Å². The SMILES string of the molecule is CC1NC(C2CCC3C(CC[C@H]3NC(=O)C3CC(C(F)F)CCN3)C2)NO1. The van der Waals surface area contributed by atoms with Crippen molar-refractivity contribution in [3.05, 3.63) is 0 Å². The summed E-state index contributed by atoms with van der Waals surface area (Å²) in [6.07, 6.45) is 4.10. The van der Waals surface area contributed by atoms with Gasteiger partial charge in [-0.15, -0.1) is 0 Å². The van der Waals surface area contributed by atoms with Crippen molar-refractivity contribution in [2.75, 3.05) is 6.54 Å². The number of hydrogen-bond donors (Lipinski definition) is 4. The first kappa shape index (κ1) is 19.5. The predicted molar refractivity (Wildman–Crippen MR) is 96.6 cm³/mol. The first-order valence-electron chi connectivity index (χ1n) is 10.5. The smallest absolute Gasteiger partial charge is 0.241 e. The molecule has 7 unspecified atom stereocenters. The van der Waals surface area contributed by atoms with Crippen molar-refractivity contribution in [1.29, 1.82) is 0 Å². The second-order valence-electron chi connectivity index (χ2n) is 8.84. The summed E-state index contributed by atoms with van der Waals surface area (Å²) < 4.78 is 26.0. The van der Waals surface area contributed by atoms with Crippen LogP contribution >= 0.6 is 0 Å². The van der Waals surface area contributed by atoms with Gasteiger partial charge >= 0.3 is 0 Å². The van der Waals surface area contributed by atoms with E-state index in [-0.39, 0.29) is 30.8 Å². The van der Waals surface area contributed by atoms with Crippen LogP contribution in [0.1, 0.15) is 51.9 Å². The molecule has 4 N–H and O–H groups in total. The van der Waals surface area contributed by atoms with E-state index < -0.39 is 18.4 Å². The summed E-state index contributed by atoms with van der Waals surface area (Å²) >= 11 is 0. The lowest BCUT2D eigenvalue weighted by molar-refractivity contribution is -0.125. The quantitative estimate of drug-likeness (QED) is 0.592. The third kappa shape index (κ3) is 4.28. The number of hydrogen-bond acceptors (Lipinski definition) is 5. The molecule has 4 fully saturated rings. The number of amides is 1. The topological polar surface area (TPSA) is 74.4 Å². The number of hydroxylamine groups is 1. The highest BCUT2D eigenvalue weighted by Crippen LogP contribution is 2.45. The fourth-order valence-corrected chi connectivity index (χ4v) is 5.66. The Morgan fingerprint density at radius 1 is 1.11 bits per heavy atom. The predicted octanol–water partition coefficient (Wildman–Crippen LogP) is 1.73. The highest BCUT2D eigenvalue weighted by Gasteiger charge is 2.44. The van der Waals surface area contributed by atoms with Crippen molar-refractivity contribution in [3.8, 4) is 0 Å². The molecule has 2 heterocycles. The largest absolute Gasteiger partial charge is 0.352 e. The lowest BCUT2D eigenvalue weighted by atomic mass is 9.73. The van der Waals surface area contributed by atoms with Crippen molar-refractivity contribution in [2.45, 2.75) is 82.8 Å². The maximum atomic E-state index is 13.0. The molecule has 1 amide bonds. The Hall–Kier alpha value is -0.830. The summed E-state index contributed by atoms with van der Waals surface area (Å²) in [6, 6.07) is -0.282. The van der Waals surface area contributed by atoms with E-state index in [9.17, 15) is 13.6 Å². The number of piperidine rings is 1. The van der Waals surface area contributed by atoms with Crippen LogP contribution in [-0.4, -0.2) is 43.4 Å². The Morgan fingerprint density at radius 2 is 1.93 bits per heavy atom. The van der Waals surface area contributed by atoms with Gasteiger partial charge < -0.3 is 10.6 Å². The molecule has 0 aromatic rings. The van der Waals surface area contributed by atoms with Gasteiger partial charge in [-0.25, -0.2) is 8.78 Å². The molecule has 27 heavy (non-hydrogen) atoms. The molecule has 0 aromatic carbocycles. The minimum Gasteiger partial charge on any atom is -0.352 e. The minimum absolute atomic E-state index is 0.0448. The average Bonchev–Trinajstić information content (AvgIpc) is 3.28. The van der Waals surface area contributed by atoms with Crippen LogP contribution in [0.5, 0.6) is 0 Å². The van der Waals surface area contributed by atoms with Gasteiger partial charge in [0.2, 0.25) is 12.3 Å². The molecule has 4 rings (SSSR count). The Bertz CT molecular complexity index is 538. The maximum Gasteiger partial charge on any atom is 0.241 e. The third-order valence-electron chi connectivity index (χ3n) is 7.15. The van der Waals surface area contributed by atoms with Gasteiger partial charge in [0.1, 0.15) is 6.23 Å². The first-order valence-corrected chi connectivity index (χ1v) is 10.5. The summed E-state index contributed by atoms with van der Waals surface area (Å²) in [5.41, 5.74) is 3.11. The summed E-state index contributed by atoms with van der Waals surface area (Å²) in [5, 5.41) is 9.75. The Balaban J connectivity index is 1.28. The Kier molecular flexibility index (Phi) is 5.97. The zero-order valence-electron chi connectivity index (χ0n) is 15.9. The molecule has 154 valence electrons. The molecule has 8 atom stereocenters. The molecule has 2 saturated heterocycles. The standard InChI is InChI=1S/C19H32F2N4O2/c1-10-23-18(25-27-10)13-2-4-14-11(8-13)3-5-15(14)24-19(26)16-9-12(17(20)21)6-7-22-16/h10-18,22-23,25H,2-9H2,1H3,(H,24,26)/t10?,11?,12?,13?,14?,15-,16?,18?/m1/s1.